The second-order valence-electron chi connectivity index (χ2n) is 6.03. The molecular formula is C16H23N3. The van der Waals surface area contributed by atoms with Crippen LogP contribution in [0.15, 0.2) is 24.3 Å². The summed E-state index contributed by atoms with van der Waals surface area (Å²) in [6.07, 6.45) is 2.52. The summed E-state index contributed by atoms with van der Waals surface area (Å²) < 4.78 is 0. The minimum absolute atomic E-state index is 0.416. The molecule has 0 unspecified atom stereocenters. The van der Waals surface area contributed by atoms with Gasteiger partial charge in [-0.25, -0.2) is 0 Å². The van der Waals surface area contributed by atoms with Gasteiger partial charge >= 0.3 is 0 Å². The molecule has 2 rings (SSSR count). The van der Waals surface area contributed by atoms with E-state index >= 15 is 0 Å². The van der Waals surface area contributed by atoms with Crippen molar-refractivity contribution in [3.63, 3.8) is 0 Å². The lowest BCUT2D eigenvalue weighted by atomic mass is 9.80. The van der Waals surface area contributed by atoms with Crippen molar-refractivity contribution in [3.8, 4) is 6.07 Å². The molecule has 0 bridgehead atoms. The summed E-state index contributed by atoms with van der Waals surface area (Å²) in [7, 11) is 2.19. The number of likely N-dealkylation sites (tertiary alicyclic amines) is 1. The summed E-state index contributed by atoms with van der Waals surface area (Å²) in [5.41, 5.74) is 2.35. The second-order valence-corrected chi connectivity index (χ2v) is 6.03. The maximum Gasteiger partial charge on any atom is 0.0991 e. The second kappa shape index (κ2) is 6.18. The van der Waals surface area contributed by atoms with E-state index in [4.69, 9.17) is 5.26 Å². The molecule has 1 aromatic carbocycles. The third-order valence-corrected chi connectivity index (χ3v) is 4.13. The molecule has 3 nitrogen and oxygen atoms in total. The SMILES string of the molecule is CN1CCC(C)(CNCc2cccc(C#N)c2)CC1. The van der Waals surface area contributed by atoms with Crippen LogP contribution in [0.25, 0.3) is 0 Å². The van der Waals surface area contributed by atoms with Crippen LogP contribution in [0.4, 0.5) is 0 Å². The van der Waals surface area contributed by atoms with Crippen LogP contribution >= 0.6 is 0 Å². The lowest BCUT2D eigenvalue weighted by Gasteiger charge is -2.38. The molecule has 1 fully saturated rings. The molecule has 3 heteroatoms. The van der Waals surface area contributed by atoms with Gasteiger partial charge in [0.2, 0.25) is 0 Å². The zero-order valence-electron chi connectivity index (χ0n) is 11.9. The molecule has 0 amide bonds. The lowest BCUT2D eigenvalue weighted by molar-refractivity contribution is 0.137. The Morgan fingerprint density at radius 3 is 2.79 bits per heavy atom. The van der Waals surface area contributed by atoms with Gasteiger partial charge in [0, 0.05) is 13.1 Å². The fraction of sp³-hybridized carbons (Fsp3) is 0.562. The van der Waals surface area contributed by atoms with E-state index in [1.165, 1.54) is 31.5 Å². The van der Waals surface area contributed by atoms with Gasteiger partial charge in [-0.15, -0.1) is 0 Å². The molecule has 1 saturated heterocycles. The maximum atomic E-state index is 8.88. The first kappa shape index (κ1) is 14.0. The monoisotopic (exact) mass is 257 g/mol. The number of hydrogen-bond donors (Lipinski definition) is 1. The summed E-state index contributed by atoms with van der Waals surface area (Å²) in [6.45, 7) is 6.67. The number of nitrogens with one attached hydrogen (secondary N) is 1. The summed E-state index contributed by atoms with van der Waals surface area (Å²) in [5, 5.41) is 12.4. The van der Waals surface area contributed by atoms with Crippen LogP contribution in [0, 0.1) is 16.7 Å². The van der Waals surface area contributed by atoms with Crippen molar-refractivity contribution >= 4 is 0 Å². The van der Waals surface area contributed by atoms with Gasteiger partial charge in [0.1, 0.15) is 0 Å². The van der Waals surface area contributed by atoms with Crippen LogP contribution < -0.4 is 5.32 Å². The molecule has 1 aromatic rings. The van der Waals surface area contributed by atoms with Gasteiger partial charge in [-0.2, -0.15) is 5.26 Å². The third-order valence-electron chi connectivity index (χ3n) is 4.13. The van der Waals surface area contributed by atoms with E-state index in [1.807, 2.05) is 18.2 Å². The highest BCUT2D eigenvalue weighted by Crippen LogP contribution is 2.29. The van der Waals surface area contributed by atoms with Crippen molar-refractivity contribution in [3.05, 3.63) is 35.4 Å². The van der Waals surface area contributed by atoms with Gasteiger partial charge in [-0.3, -0.25) is 0 Å². The Hall–Kier alpha value is -1.37. The van der Waals surface area contributed by atoms with E-state index in [0.29, 0.717) is 5.41 Å². The van der Waals surface area contributed by atoms with E-state index in [2.05, 4.69) is 36.3 Å². The van der Waals surface area contributed by atoms with Crippen molar-refractivity contribution < 1.29 is 0 Å². The molecule has 0 aromatic heterocycles. The highest BCUT2D eigenvalue weighted by Gasteiger charge is 2.28. The van der Waals surface area contributed by atoms with Crippen LogP contribution in [-0.4, -0.2) is 31.6 Å². The summed E-state index contributed by atoms with van der Waals surface area (Å²) >= 11 is 0. The van der Waals surface area contributed by atoms with E-state index in [-0.39, 0.29) is 0 Å². The normalized spacial score (nSPS) is 19.0. The molecule has 0 saturated carbocycles. The molecule has 1 aliphatic rings. The number of hydrogen-bond acceptors (Lipinski definition) is 3. The Kier molecular flexibility index (Phi) is 4.57. The Morgan fingerprint density at radius 1 is 1.37 bits per heavy atom. The molecule has 1 aliphatic heterocycles. The van der Waals surface area contributed by atoms with Crippen LogP contribution in [0.2, 0.25) is 0 Å². The molecule has 19 heavy (non-hydrogen) atoms. The largest absolute Gasteiger partial charge is 0.312 e. The summed E-state index contributed by atoms with van der Waals surface area (Å²) in [6, 6.07) is 10.0. The Morgan fingerprint density at radius 2 is 2.11 bits per heavy atom. The smallest absolute Gasteiger partial charge is 0.0991 e. The first-order valence-corrected chi connectivity index (χ1v) is 7.00. The number of nitrogens with zero attached hydrogens (tertiary/aromatic N) is 2. The molecule has 1 heterocycles. The molecule has 0 atom stereocenters. The van der Waals surface area contributed by atoms with Gasteiger partial charge in [0.05, 0.1) is 11.6 Å². The predicted molar refractivity (Wildman–Crippen MR) is 77.7 cm³/mol. The van der Waals surface area contributed by atoms with Crippen LogP contribution in [0.3, 0.4) is 0 Å². The third kappa shape index (κ3) is 4.05. The standard InChI is InChI=1S/C16H23N3/c1-16(6-8-19(2)9-7-16)13-18-12-15-5-3-4-14(10-15)11-17/h3-5,10,18H,6-9,12-13H2,1-2H3. The van der Waals surface area contributed by atoms with Crippen molar-refractivity contribution in [2.75, 3.05) is 26.7 Å². The lowest BCUT2D eigenvalue weighted by Crippen LogP contribution is -2.41. The number of benzene rings is 1. The quantitative estimate of drug-likeness (QED) is 0.900. The molecule has 0 spiro atoms. The Bertz CT molecular complexity index is 453. The first-order chi connectivity index (χ1) is 9.11. The fourth-order valence-corrected chi connectivity index (χ4v) is 2.59. The molecule has 1 N–H and O–H groups in total. The van der Waals surface area contributed by atoms with Gasteiger partial charge < -0.3 is 10.2 Å². The van der Waals surface area contributed by atoms with E-state index < -0.39 is 0 Å². The molecule has 0 aliphatic carbocycles. The zero-order chi connectivity index (χ0) is 13.7. The average Bonchev–Trinajstić information content (AvgIpc) is 2.43. The van der Waals surface area contributed by atoms with Crippen molar-refractivity contribution in [2.45, 2.75) is 26.3 Å². The first-order valence-electron chi connectivity index (χ1n) is 7.00. The van der Waals surface area contributed by atoms with E-state index in [0.717, 1.165) is 18.7 Å². The highest BCUT2D eigenvalue weighted by molar-refractivity contribution is 5.32. The average molecular weight is 257 g/mol. The van der Waals surface area contributed by atoms with Crippen LogP contribution in [0.1, 0.15) is 30.9 Å². The van der Waals surface area contributed by atoms with Gasteiger partial charge in [-0.05, 0) is 56.1 Å². The maximum absolute atomic E-state index is 8.88. The van der Waals surface area contributed by atoms with Gasteiger partial charge in [0.25, 0.3) is 0 Å². The van der Waals surface area contributed by atoms with Gasteiger partial charge in [0.15, 0.2) is 0 Å². The van der Waals surface area contributed by atoms with Crippen LogP contribution in [0.5, 0.6) is 0 Å². The topological polar surface area (TPSA) is 39.1 Å². The summed E-state index contributed by atoms with van der Waals surface area (Å²) in [4.78, 5) is 2.40. The Balaban J connectivity index is 1.81. The van der Waals surface area contributed by atoms with Crippen molar-refractivity contribution in [1.82, 2.24) is 10.2 Å². The number of nitriles is 1. The van der Waals surface area contributed by atoms with Crippen LogP contribution in [-0.2, 0) is 6.54 Å². The minimum Gasteiger partial charge on any atom is -0.312 e. The predicted octanol–water partition coefficient (Wildman–Crippen LogP) is 2.38. The minimum atomic E-state index is 0.416. The highest BCUT2D eigenvalue weighted by atomic mass is 15.1. The number of piperidine rings is 1. The number of rotatable bonds is 4. The Labute approximate surface area is 116 Å². The summed E-state index contributed by atoms with van der Waals surface area (Å²) in [5.74, 6) is 0. The van der Waals surface area contributed by atoms with Gasteiger partial charge in [-0.1, -0.05) is 19.1 Å². The van der Waals surface area contributed by atoms with Crippen molar-refractivity contribution in [2.24, 2.45) is 5.41 Å². The fourth-order valence-electron chi connectivity index (χ4n) is 2.59. The van der Waals surface area contributed by atoms with E-state index in [9.17, 15) is 0 Å². The molecule has 0 radical (unpaired) electrons. The van der Waals surface area contributed by atoms with E-state index in [1.54, 1.807) is 0 Å². The molecule has 102 valence electrons. The zero-order valence-corrected chi connectivity index (χ0v) is 11.9. The molecular weight excluding hydrogens is 234 g/mol. The van der Waals surface area contributed by atoms with Crippen molar-refractivity contribution in [1.29, 1.82) is 5.26 Å².